The molecule has 0 heterocycles. The average Bonchev–Trinajstić information content (AvgIpc) is 3.21. The maximum atomic E-state index is 12.9. The molecule has 0 radical (unpaired) electrons. The number of aliphatic hydroxyl groups is 2. The molecule has 0 spiro atoms. The molecule has 0 saturated heterocycles. The average molecular weight is 629 g/mol. The number of aliphatic hydroxyl groups excluding tert-OH is 1. The smallest absolute Gasteiger partial charge is 0.321 e. The number of ketones is 2. The van der Waals surface area contributed by atoms with E-state index in [2.05, 4.69) is 19.2 Å². The van der Waals surface area contributed by atoms with Crippen LogP contribution in [0.1, 0.15) is 58.9 Å². The molecule has 9 nitrogen and oxygen atoms in total. The number of anilines is 1. The van der Waals surface area contributed by atoms with E-state index < -0.39 is 40.9 Å². The number of hydrogen-bond donors (Lipinski definition) is 3. The second-order valence-electron chi connectivity index (χ2n) is 13.6. The largest absolute Gasteiger partial charge is 0.458 e. The van der Waals surface area contributed by atoms with Gasteiger partial charge in [-0.25, -0.2) is 4.79 Å². The van der Waals surface area contributed by atoms with Crippen molar-refractivity contribution >= 4 is 40.9 Å². The third-order valence-electron chi connectivity index (χ3n) is 10.7. The number of nitrogens with zero attached hydrogens (tertiary/aromatic N) is 1. The molecule has 1 aromatic carbocycles. The number of ether oxygens (including phenoxy) is 1. The van der Waals surface area contributed by atoms with Crippen molar-refractivity contribution in [3.8, 4) is 0 Å². The zero-order valence-corrected chi connectivity index (χ0v) is 27.4. The molecule has 0 aliphatic heterocycles. The van der Waals surface area contributed by atoms with Crippen LogP contribution in [0.15, 0.2) is 42.0 Å². The van der Waals surface area contributed by atoms with Crippen LogP contribution in [0.25, 0.3) is 0 Å². The van der Waals surface area contributed by atoms with E-state index in [0.29, 0.717) is 30.0 Å². The number of urea groups is 1. The fourth-order valence-electron chi connectivity index (χ4n) is 8.40. The van der Waals surface area contributed by atoms with Gasteiger partial charge in [-0.15, -0.1) is 0 Å². The number of hydrogen-bond acceptors (Lipinski definition) is 7. The molecule has 0 bridgehead atoms. The van der Waals surface area contributed by atoms with E-state index in [1.807, 2.05) is 32.1 Å². The van der Waals surface area contributed by atoms with Crippen molar-refractivity contribution in [3.05, 3.63) is 52.6 Å². The number of Topliss-reactive ketones (excluding diaryl/α,β-unsaturated/α-hetero) is 1. The van der Waals surface area contributed by atoms with E-state index >= 15 is 0 Å². The number of esters is 1. The first kappa shape index (κ1) is 33.9. The van der Waals surface area contributed by atoms with Crippen molar-refractivity contribution in [2.45, 2.75) is 72.0 Å². The molecule has 0 unspecified atom stereocenters. The SMILES string of the molecule is CC(=O)OCC(=O)[C@@]1(O)CC[C@H]2[C@@H]3C[C@H](C)C4=CC(=O)C=C[C@]4(C)[C@H]3[C@@H](O)C[C@@]21C.Cc1ccc(NC(=O)N(C)C)cc1Cl. The number of aryl methyl sites for hydroxylation is 1. The number of benzene rings is 1. The lowest BCUT2D eigenvalue weighted by molar-refractivity contribution is -0.182. The summed E-state index contributed by atoms with van der Waals surface area (Å²) in [5.74, 6) is -0.712. The molecule has 3 saturated carbocycles. The topological polar surface area (TPSA) is 133 Å². The molecule has 8 atom stereocenters. The Bertz CT molecular complexity index is 1410. The van der Waals surface area contributed by atoms with Gasteiger partial charge in [0, 0.05) is 48.5 Å². The Morgan fingerprint density at radius 1 is 1.20 bits per heavy atom. The molecular weight excluding hydrogens is 584 g/mol. The van der Waals surface area contributed by atoms with Crippen LogP contribution in [0.2, 0.25) is 5.02 Å². The van der Waals surface area contributed by atoms with Crippen molar-refractivity contribution in [3.63, 3.8) is 0 Å². The lowest BCUT2D eigenvalue weighted by Gasteiger charge is -2.60. The minimum atomic E-state index is -1.61. The summed E-state index contributed by atoms with van der Waals surface area (Å²) in [6, 6.07) is 5.26. The highest BCUT2D eigenvalue weighted by Gasteiger charge is 2.68. The summed E-state index contributed by atoms with van der Waals surface area (Å²) in [7, 11) is 3.37. The summed E-state index contributed by atoms with van der Waals surface area (Å²) in [4.78, 5) is 48.9. The summed E-state index contributed by atoms with van der Waals surface area (Å²) in [5.41, 5.74) is -0.0140. The Morgan fingerprint density at radius 3 is 2.50 bits per heavy atom. The monoisotopic (exact) mass is 628 g/mol. The van der Waals surface area contributed by atoms with Gasteiger partial charge in [0.1, 0.15) is 5.60 Å². The van der Waals surface area contributed by atoms with Crippen molar-refractivity contribution < 1.29 is 34.1 Å². The summed E-state index contributed by atoms with van der Waals surface area (Å²) in [5, 5.41) is 26.2. The number of carbonyl (C=O) groups is 4. The molecule has 240 valence electrons. The fourth-order valence-corrected chi connectivity index (χ4v) is 8.59. The van der Waals surface area contributed by atoms with E-state index in [1.165, 1.54) is 11.8 Å². The molecule has 4 aliphatic rings. The second-order valence-corrected chi connectivity index (χ2v) is 14.0. The fraction of sp³-hybridized carbons (Fsp3) is 0.588. The van der Waals surface area contributed by atoms with Crippen LogP contribution >= 0.6 is 11.6 Å². The van der Waals surface area contributed by atoms with E-state index in [0.717, 1.165) is 17.6 Å². The quantitative estimate of drug-likeness (QED) is 0.394. The van der Waals surface area contributed by atoms with Crippen LogP contribution in [0.3, 0.4) is 0 Å². The first-order valence-corrected chi connectivity index (χ1v) is 15.6. The van der Waals surface area contributed by atoms with Gasteiger partial charge >= 0.3 is 12.0 Å². The number of halogens is 1. The maximum Gasteiger partial charge on any atom is 0.321 e. The normalized spacial score (nSPS) is 35.2. The van der Waals surface area contributed by atoms with Crippen LogP contribution in [-0.4, -0.2) is 71.1 Å². The molecule has 0 aromatic heterocycles. The minimum absolute atomic E-state index is 0.00535. The Hall–Kier alpha value is -3.01. The van der Waals surface area contributed by atoms with Gasteiger partial charge in [0.15, 0.2) is 12.4 Å². The zero-order chi connectivity index (χ0) is 32.8. The number of rotatable bonds is 4. The van der Waals surface area contributed by atoms with Crippen molar-refractivity contribution in [2.24, 2.45) is 34.5 Å². The maximum absolute atomic E-state index is 12.9. The highest BCUT2D eigenvalue weighted by atomic mass is 35.5. The lowest BCUT2D eigenvalue weighted by atomic mass is 9.45. The third-order valence-corrected chi connectivity index (χ3v) is 11.1. The van der Waals surface area contributed by atoms with E-state index in [9.17, 15) is 29.4 Å². The molecule has 10 heteroatoms. The molecule has 1 aromatic rings. The van der Waals surface area contributed by atoms with E-state index in [1.54, 1.807) is 32.3 Å². The number of carbonyl (C=O) groups excluding carboxylic acids is 4. The van der Waals surface area contributed by atoms with Gasteiger partial charge in [-0.1, -0.05) is 50.1 Å². The molecule has 44 heavy (non-hydrogen) atoms. The van der Waals surface area contributed by atoms with Crippen LogP contribution < -0.4 is 5.32 Å². The van der Waals surface area contributed by atoms with Crippen molar-refractivity contribution in [1.29, 1.82) is 0 Å². The van der Waals surface area contributed by atoms with Crippen LogP contribution in [0.4, 0.5) is 10.5 Å². The Balaban J connectivity index is 0.000000265. The lowest BCUT2D eigenvalue weighted by Crippen LogP contribution is -2.62. The van der Waals surface area contributed by atoms with Crippen LogP contribution in [-0.2, 0) is 19.1 Å². The van der Waals surface area contributed by atoms with Crippen LogP contribution in [0.5, 0.6) is 0 Å². The number of amides is 2. The molecule has 3 N–H and O–H groups in total. The summed E-state index contributed by atoms with van der Waals surface area (Å²) in [6.07, 6.45) is 6.71. The number of fused-ring (bicyclic) bond motifs is 5. The van der Waals surface area contributed by atoms with Crippen molar-refractivity contribution in [2.75, 3.05) is 26.0 Å². The highest BCUT2D eigenvalue weighted by molar-refractivity contribution is 6.31. The molecule has 4 aliphatic carbocycles. The minimum Gasteiger partial charge on any atom is -0.458 e. The first-order chi connectivity index (χ1) is 20.4. The molecule has 2 amide bonds. The van der Waals surface area contributed by atoms with Gasteiger partial charge in [0.25, 0.3) is 0 Å². The predicted molar refractivity (Wildman–Crippen MR) is 168 cm³/mol. The van der Waals surface area contributed by atoms with Gasteiger partial charge in [-0.3, -0.25) is 14.4 Å². The van der Waals surface area contributed by atoms with Crippen LogP contribution in [0, 0.1) is 41.4 Å². The van der Waals surface area contributed by atoms with Gasteiger partial charge in [-0.05, 0) is 80.2 Å². The first-order valence-electron chi connectivity index (χ1n) is 15.2. The Kier molecular flexibility index (Phi) is 9.55. The zero-order valence-electron chi connectivity index (χ0n) is 26.6. The Labute approximate surface area is 264 Å². The van der Waals surface area contributed by atoms with Gasteiger partial charge < -0.3 is 25.2 Å². The predicted octanol–water partition coefficient (Wildman–Crippen LogP) is 5.12. The van der Waals surface area contributed by atoms with E-state index in [-0.39, 0.29) is 35.5 Å². The van der Waals surface area contributed by atoms with Crippen molar-refractivity contribution in [1.82, 2.24) is 4.90 Å². The third kappa shape index (κ3) is 5.98. The van der Waals surface area contributed by atoms with E-state index in [4.69, 9.17) is 16.3 Å². The number of nitrogens with one attached hydrogen (secondary N) is 1. The molecular formula is C34H45ClN2O7. The molecule has 5 rings (SSSR count). The van der Waals surface area contributed by atoms with Gasteiger partial charge in [0.2, 0.25) is 5.78 Å². The van der Waals surface area contributed by atoms with Gasteiger partial charge in [0.05, 0.1) is 6.10 Å². The summed E-state index contributed by atoms with van der Waals surface area (Å²) >= 11 is 5.91. The Morgan fingerprint density at radius 2 is 1.89 bits per heavy atom. The summed E-state index contributed by atoms with van der Waals surface area (Å²) in [6.45, 7) is 8.85. The molecule has 3 fully saturated rings. The summed E-state index contributed by atoms with van der Waals surface area (Å²) < 4.78 is 4.89. The van der Waals surface area contributed by atoms with Gasteiger partial charge in [-0.2, -0.15) is 0 Å². The standard InChI is InChI=1S/C24H32O6.C10H13ClN2O/c1-13-9-16-17-6-8-24(29,20(28)12-30-14(2)25)23(17,4)11-19(27)21(16)22(3)7-5-15(26)10-18(13)22;1-7-4-5-8(6-9(7)11)12-10(14)13(2)3/h5,7,10,13,16-17,19,21,27,29H,6,8-9,11-12H2,1-4H3;4-6H,1-3H3,(H,12,14)/t13-,16-,17-,19-,21+,22-,23-,24-;/m0./s1. The second kappa shape index (κ2) is 12.4. The highest BCUT2D eigenvalue weighted by Crippen LogP contribution is 2.67. The number of allylic oxidation sites excluding steroid dienone is 4.